The average molecular weight is 789 g/mol. The third-order valence-electron chi connectivity index (χ3n) is 13.0. The first-order valence-corrected chi connectivity index (χ1v) is 26.9. The molecular formula is C54H108O2. The van der Waals surface area contributed by atoms with Gasteiger partial charge in [-0.05, 0) is 31.6 Å². The van der Waals surface area contributed by atoms with E-state index in [9.17, 15) is 4.79 Å². The van der Waals surface area contributed by atoms with Crippen LogP contribution in [0, 0.1) is 11.8 Å². The molecule has 0 aromatic rings. The van der Waals surface area contributed by atoms with Crippen molar-refractivity contribution in [3.8, 4) is 0 Å². The summed E-state index contributed by atoms with van der Waals surface area (Å²) in [6.45, 7) is 9.90. The minimum absolute atomic E-state index is 0.128. The Labute approximate surface area is 355 Å². The summed E-state index contributed by atoms with van der Waals surface area (Å²) in [5, 5.41) is 0. The molecular weight excluding hydrogens is 681 g/mol. The van der Waals surface area contributed by atoms with Crippen molar-refractivity contribution in [3.05, 3.63) is 0 Å². The van der Waals surface area contributed by atoms with Crippen LogP contribution < -0.4 is 0 Å². The van der Waals surface area contributed by atoms with Gasteiger partial charge in [0.2, 0.25) is 0 Å². The lowest BCUT2D eigenvalue weighted by Gasteiger charge is -2.21. The van der Waals surface area contributed by atoms with E-state index in [1.807, 2.05) is 0 Å². The van der Waals surface area contributed by atoms with Crippen molar-refractivity contribution >= 4 is 5.97 Å². The molecule has 0 saturated carbocycles. The van der Waals surface area contributed by atoms with Crippen LogP contribution in [0.2, 0.25) is 0 Å². The van der Waals surface area contributed by atoms with Crippen LogP contribution in [0.5, 0.6) is 0 Å². The van der Waals surface area contributed by atoms with Crippen molar-refractivity contribution in [1.82, 2.24) is 0 Å². The maximum absolute atomic E-state index is 13.7. The van der Waals surface area contributed by atoms with Crippen LogP contribution in [-0.4, -0.2) is 12.6 Å². The molecule has 0 bridgehead atoms. The van der Waals surface area contributed by atoms with Gasteiger partial charge in [-0.3, -0.25) is 4.79 Å². The lowest BCUT2D eigenvalue weighted by atomic mass is 9.93. The van der Waals surface area contributed by atoms with Gasteiger partial charge in [-0.1, -0.05) is 297 Å². The van der Waals surface area contributed by atoms with Gasteiger partial charge in [0.25, 0.3) is 0 Å². The lowest BCUT2D eigenvalue weighted by Crippen LogP contribution is -2.22. The second kappa shape index (κ2) is 48.8. The molecule has 0 aromatic carbocycles. The quantitative estimate of drug-likeness (QED) is 0.0453. The van der Waals surface area contributed by atoms with E-state index in [0.29, 0.717) is 12.5 Å². The third kappa shape index (κ3) is 43.1. The summed E-state index contributed by atoms with van der Waals surface area (Å²) in [5.74, 6) is 0.840. The molecule has 2 atom stereocenters. The number of rotatable bonds is 49. The van der Waals surface area contributed by atoms with Crippen LogP contribution in [0.15, 0.2) is 0 Å². The number of esters is 1. The van der Waals surface area contributed by atoms with Crippen LogP contribution in [0.1, 0.15) is 323 Å². The summed E-state index contributed by atoms with van der Waals surface area (Å²) >= 11 is 0. The zero-order chi connectivity index (χ0) is 40.7. The first-order valence-electron chi connectivity index (χ1n) is 26.9. The topological polar surface area (TPSA) is 26.3 Å². The van der Waals surface area contributed by atoms with Crippen molar-refractivity contribution in [1.29, 1.82) is 0 Å². The molecule has 2 unspecified atom stereocenters. The highest BCUT2D eigenvalue weighted by Gasteiger charge is 2.21. The van der Waals surface area contributed by atoms with Crippen LogP contribution in [0.4, 0.5) is 0 Å². The van der Waals surface area contributed by atoms with Crippen molar-refractivity contribution < 1.29 is 9.53 Å². The predicted molar refractivity (Wildman–Crippen MR) is 253 cm³/mol. The number of carbonyl (C=O) groups is 1. The van der Waals surface area contributed by atoms with Gasteiger partial charge < -0.3 is 4.74 Å². The van der Waals surface area contributed by atoms with Gasteiger partial charge in [0.05, 0.1) is 12.5 Å². The Morgan fingerprint density at radius 1 is 0.286 bits per heavy atom. The normalized spacial score (nSPS) is 12.7. The molecule has 0 aromatic heterocycles. The fraction of sp³-hybridized carbons (Fsp3) is 0.981. The number of ether oxygens (including phenoxy) is 1. The Morgan fingerprint density at radius 2 is 0.482 bits per heavy atom. The van der Waals surface area contributed by atoms with E-state index in [0.717, 1.165) is 12.8 Å². The molecule has 0 aliphatic heterocycles. The number of hydrogen-bond acceptors (Lipinski definition) is 2. The smallest absolute Gasteiger partial charge is 0.308 e. The van der Waals surface area contributed by atoms with Gasteiger partial charge in [-0.15, -0.1) is 0 Å². The molecule has 56 heavy (non-hydrogen) atoms. The average Bonchev–Trinajstić information content (AvgIpc) is 3.21. The van der Waals surface area contributed by atoms with E-state index in [-0.39, 0.29) is 11.9 Å². The standard InChI is InChI=1S/C54H108O2/c1-5-9-13-17-21-25-27-29-30-31-33-36-40-44-48-52(47-43-39-35-23-19-15-11-7-3)51-56-54(55)53(49-45-41-37-24-20-16-12-8-4)50-46-42-38-34-32-28-26-22-18-14-10-6-2/h52-53H,5-51H2,1-4H3. The van der Waals surface area contributed by atoms with Gasteiger partial charge in [-0.2, -0.15) is 0 Å². The minimum atomic E-state index is 0.128. The second-order valence-electron chi connectivity index (χ2n) is 18.8. The second-order valence-corrected chi connectivity index (χ2v) is 18.8. The molecule has 0 radical (unpaired) electrons. The molecule has 0 saturated heterocycles. The van der Waals surface area contributed by atoms with Gasteiger partial charge in [0.15, 0.2) is 0 Å². The zero-order valence-electron chi connectivity index (χ0n) is 39.7. The molecule has 0 aliphatic rings. The highest BCUT2D eigenvalue weighted by Crippen LogP contribution is 2.25. The Hall–Kier alpha value is -0.530. The molecule has 0 rings (SSSR count). The van der Waals surface area contributed by atoms with Crippen LogP contribution in [0.25, 0.3) is 0 Å². The van der Waals surface area contributed by atoms with Crippen LogP contribution in [-0.2, 0) is 9.53 Å². The Morgan fingerprint density at radius 3 is 0.714 bits per heavy atom. The van der Waals surface area contributed by atoms with Crippen molar-refractivity contribution in [2.24, 2.45) is 11.8 Å². The maximum Gasteiger partial charge on any atom is 0.308 e. The van der Waals surface area contributed by atoms with Crippen LogP contribution in [0.3, 0.4) is 0 Å². The highest BCUT2D eigenvalue weighted by atomic mass is 16.5. The molecule has 0 fully saturated rings. The Bertz CT molecular complexity index is 717. The number of hydrogen-bond donors (Lipinski definition) is 0. The summed E-state index contributed by atoms with van der Waals surface area (Å²) in [5.41, 5.74) is 0. The van der Waals surface area contributed by atoms with Gasteiger partial charge in [0.1, 0.15) is 0 Å². The molecule has 0 heterocycles. The van der Waals surface area contributed by atoms with E-state index in [2.05, 4.69) is 27.7 Å². The highest BCUT2D eigenvalue weighted by molar-refractivity contribution is 5.72. The lowest BCUT2D eigenvalue weighted by molar-refractivity contribution is -0.150. The van der Waals surface area contributed by atoms with E-state index < -0.39 is 0 Å². The summed E-state index contributed by atoms with van der Waals surface area (Å²) in [7, 11) is 0. The fourth-order valence-electron chi connectivity index (χ4n) is 8.96. The SMILES string of the molecule is CCCCCCCCCCCCCCCCC(CCCCCCCCCC)COC(=O)C(CCCCCCCCCC)CCCCCCCCCCCCCC. The molecule has 0 amide bonds. The molecule has 2 heteroatoms. The van der Waals surface area contributed by atoms with Crippen molar-refractivity contribution in [3.63, 3.8) is 0 Å². The maximum atomic E-state index is 13.7. The van der Waals surface area contributed by atoms with Gasteiger partial charge in [0, 0.05) is 0 Å². The largest absolute Gasteiger partial charge is 0.465 e. The minimum Gasteiger partial charge on any atom is -0.465 e. The van der Waals surface area contributed by atoms with Gasteiger partial charge >= 0.3 is 5.97 Å². The number of unbranched alkanes of at least 4 members (excludes halogenated alkanes) is 38. The predicted octanol–water partition coefficient (Wildman–Crippen LogP) is 19.8. The molecule has 0 spiro atoms. The van der Waals surface area contributed by atoms with Crippen molar-refractivity contribution in [2.45, 2.75) is 323 Å². The first-order chi connectivity index (χ1) is 27.7. The van der Waals surface area contributed by atoms with Crippen molar-refractivity contribution in [2.75, 3.05) is 6.61 Å². The summed E-state index contributed by atoms with van der Waals surface area (Å²) in [4.78, 5) is 13.7. The van der Waals surface area contributed by atoms with Gasteiger partial charge in [-0.25, -0.2) is 0 Å². The molecule has 0 aliphatic carbocycles. The van der Waals surface area contributed by atoms with E-state index in [4.69, 9.17) is 4.74 Å². The molecule has 2 nitrogen and oxygen atoms in total. The van der Waals surface area contributed by atoms with E-state index >= 15 is 0 Å². The Balaban J connectivity index is 4.71. The monoisotopic (exact) mass is 789 g/mol. The Kier molecular flexibility index (Phi) is 48.4. The van der Waals surface area contributed by atoms with E-state index in [1.165, 1.54) is 283 Å². The zero-order valence-corrected chi connectivity index (χ0v) is 39.7. The summed E-state index contributed by atoms with van der Waals surface area (Å²) in [6.07, 6.45) is 62.6. The molecule has 0 N–H and O–H groups in total. The molecule has 336 valence electrons. The first kappa shape index (κ1) is 55.5. The fourth-order valence-corrected chi connectivity index (χ4v) is 8.96. The number of carbonyl (C=O) groups excluding carboxylic acids is 1. The van der Waals surface area contributed by atoms with Crippen LogP contribution >= 0.6 is 0 Å². The summed E-state index contributed by atoms with van der Waals surface area (Å²) < 4.78 is 6.30. The third-order valence-corrected chi connectivity index (χ3v) is 13.0. The van der Waals surface area contributed by atoms with E-state index in [1.54, 1.807) is 0 Å². The summed E-state index contributed by atoms with van der Waals surface area (Å²) in [6, 6.07) is 0.